The Morgan fingerprint density at radius 3 is 1.71 bits per heavy atom. The number of rotatable bonds is 5. The first-order valence-corrected chi connectivity index (χ1v) is 12.5. The van der Waals surface area contributed by atoms with Crippen LogP contribution in [0, 0.1) is 5.41 Å². The van der Waals surface area contributed by atoms with E-state index in [9.17, 15) is 14.4 Å². The molecule has 0 bridgehead atoms. The number of carbonyl (C=O) groups excluding carboxylic acids is 3. The third kappa shape index (κ3) is 10.9. The molecule has 0 saturated heterocycles. The number of hydrogen-bond donors (Lipinski definition) is 2. The van der Waals surface area contributed by atoms with E-state index in [4.69, 9.17) is 19.6 Å². The number of hydrogen-bond acceptors (Lipinski definition) is 8. The molecule has 1 aromatic rings. The Morgan fingerprint density at radius 2 is 1.32 bits per heavy atom. The van der Waals surface area contributed by atoms with E-state index in [0.29, 0.717) is 17.8 Å². The Balaban J connectivity index is 3.44. The van der Waals surface area contributed by atoms with Crippen molar-refractivity contribution < 1.29 is 28.6 Å². The third-order valence-electron chi connectivity index (χ3n) is 4.62. The molecule has 3 amide bonds. The van der Waals surface area contributed by atoms with Crippen molar-refractivity contribution in [2.24, 2.45) is 0 Å². The van der Waals surface area contributed by atoms with Gasteiger partial charge in [-0.3, -0.25) is 10.7 Å². The smallest absolute Gasteiger partial charge is 0.420 e. The second-order valence-electron chi connectivity index (χ2n) is 12.0. The summed E-state index contributed by atoms with van der Waals surface area (Å²) < 4.78 is 16.3. The first kappa shape index (κ1) is 32.5. The minimum atomic E-state index is -0.839. The first-order valence-electron chi connectivity index (χ1n) is 12.5. The predicted octanol–water partition coefficient (Wildman–Crippen LogP) is 5.71. The minimum absolute atomic E-state index is 0.143. The molecule has 0 aliphatic heterocycles. The molecule has 11 heteroatoms. The van der Waals surface area contributed by atoms with Crippen molar-refractivity contribution in [1.82, 2.24) is 10.2 Å². The van der Waals surface area contributed by atoms with Gasteiger partial charge in [0.25, 0.3) is 0 Å². The molecule has 0 radical (unpaired) electrons. The van der Waals surface area contributed by atoms with E-state index in [1.165, 1.54) is 0 Å². The zero-order valence-electron chi connectivity index (χ0n) is 24.9. The molecular weight excluding hydrogens is 490 g/mol. The number of amides is 3. The summed E-state index contributed by atoms with van der Waals surface area (Å²) in [5.74, 6) is -0.179. The van der Waals surface area contributed by atoms with E-state index >= 15 is 0 Å². The number of imide groups is 1. The van der Waals surface area contributed by atoms with Crippen LogP contribution in [0.3, 0.4) is 0 Å². The maximum atomic E-state index is 13.1. The highest BCUT2D eigenvalue weighted by atomic mass is 16.6. The van der Waals surface area contributed by atoms with Crippen LogP contribution >= 0.6 is 0 Å². The summed E-state index contributed by atoms with van der Waals surface area (Å²) in [6.07, 6.45) is -2.42. The van der Waals surface area contributed by atoms with Crippen LogP contribution < -0.4 is 15.1 Å². The molecule has 2 N–H and O–H groups in total. The Kier molecular flexibility index (Phi) is 10.6. The van der Waals surface area contributed by atoms with Gasteiger partial charge in [-0.1, -0.05) is 0 Å². The van der Waals surface area contributed by atoms with Crippen LogP contribution in [0.5, 0.6) is 0 Å². The van der Waals surface area contributed by atoms with Gasteiger partial charge in [0, 0.05) is 32.0 Å². The topological polar surface area (TPSA) is 125 Å². The summed E-state index contributed by atoms with van der Waals surface area (Å²) in [5, 5.41) is 10.9. The largest absolute Gasteiger partial charge is 0.444 e. The molecule has 0 spiro atoms. The number of anilines is 2. The fourth-order valence-corrected chi connectivity index (χ4v) is 3.25. The lowest BCUT2D eigenvalue weighted by atomic mass is 10.1. The molecule has 0 atom stereocenters. The molecule has 11 nitrogen and oxygen atoms in total. The third-order valence-corrected chi connectivity index (χ3v) is 4.62. The van der Waals surface area contributed by atoms with E-state index in [0.717, 1.165) is 10.6 Å². The fourth-order valence-electron chi connectivity index (χ4n) is 3.25. The number of nitrogens with zero attached hydrogens (tertiary/aromatic N) is 3. The number of ether oxygens (including phenoxy) is 3. The standard InChI is InChI=1S/C27H45N5O6/c1-13-31(21(28)29-22(33)36-25(2,3)4)19-14-15-20(30(11)12)18(16-19)17-32(23(34)37-26(5,6)7)24(35)38-27(8,9)10/h14-16H,13,17H2,1-12H3,(H2,28,29,33). The second kappa shape index (κ2) is 12.4. The average Bonchev–Trinajstić information content (AvgIpc) is 2.68. The molecule has 0 aliphatic rings. The summed E-state index contributed by atoms with van der Waals surface area (Å²) in [5.41, 5.74) is -0.450. The van der Waals surface area contributed by atoms with Gasteiger partial charge >= 0.3 is 18.3 Å². The van der Waals surface area contributed by atoms with Gasteiger partial charge in [0.05, 0.1) is 6.54 Å². The molecule has 38 heavy (non-hydrogen) atoms. The molecule has 0 fully saturated rings. The molecule has 1 aromatic carbocycles. The van der Waals surface area contributed by atoms with Gasteiger partial charge in [-0.2, -0.15) is 0 Å². The van der Waals surface area contributed by atoms with Crippen LogP contribution in [0.15, 0.2) is 18.2 Å². The van der Waals surface area contributed by atoms with Crippen LogP contribution in [-0.4, -0.2) is 66.6 Å². The lowest BCUT2D eigenvalue weighted by Crippen LogP contribution is -2.45. The van der Waals surface area contributed by atoms with Crippen molar-refractivity contribution in [1.29, 1.82) is 5.41 Å². The summed E-state index contributed by atoms with van der Waals surface area (Å²) in [6, 6.07) is 5.36. The van der Waals surface area contributed by atoms with Crippen molar-refractivity contribution in [2.75, 3.05) is 30.4 Å². The zero-order valence-corrected chi connectivity index (χ0v) is 24.9. The molecule has 0 heterocycles. The molecule has 0 unspecified atom stereocenters. The van der Waals surface area contributed by atoms with Gasteiger partial charge in [0.2, 0.25) is 5.96 Å². The minimum Gasteiger partial charge on any atom is -0.444 e. The van der Waals surface area contributed by atoms with Crippen LogP contribution in [0.4, 0.5) is 25.8 Å². The molecule has 0 aliphatic carbocycles. The van der Waals surface area contributed by atoms with Crippen molar-refractivity contribution in [3.05, 3.63) is 23.8 Å². The lowest BCUT2D eigenvalue weighted by Gasteiger charge is -2.30. The summed E-state index contributed by atoms with van der Waals surface area (Å²) in [4.78, 5) is 42.7. The fraction of sp³-hybridized carbons (Fsp3) is 0.630. The number of benzene rings is 1. The monoisotopic (exact) mass is 535 g/mol. The Labute approximate surface area is 226 Å². The van der Waals surface area contributed by atoms with Gasteiger partial charge < -0.3 is 24.0 Å². The van der Waals surface area contributed by atoms with Crippen LogP contribution in [0.2, 0.25) is 0 Å². The highest BCUT2D eigenvalue weighted by molar-refractivity contribution is 6.02. The molecule has 1 rings (SSSR count). The Hall–Kier alpha value is -3.50. The lowest BCUT2D eigenvalue weighted by molar-refractivity contribution is -0.000267. The van der Waals surface area contributed by atoms with E-state index in [2.05, 4.69) is 5.32 Å². The highest BCUT2D eigenvalue weighted by Gasteiger charge is 2.32. The maximum Gasteiger partial charge on any atom is 0.420 e. The van der Waals surface area contributed by atoms with E-state index in [1.54, 1.807) is 79.3 Å². The number of guanidine groups is 1. The van der Waals surface area contributed by atoms with Gasteiger partial charge in [0.1, 0.15) is 16.8 Å². The number of alkyl carbamates (subject to hydrolysis) is 1. The molecule has 0 saturated carbocycles. The Morgan fingerprint density at radius 1 is 0.842 bits per heavy atom. The van der Waals surface area contributed by atoms with Crippen LogP contribution in [-0.2, 0) is 20.8 Å². The van der Waals surface area contributed by atoms with Gasteiger partial charge in [-0.05, 0) is 93.0 Å². The molecule has 214 valence electrons. The van der Waals surface area contributed by atoms with Gasteiger partial charge in [-0.15, -0.1) is 0 Å². The zero-order chi connectivity index (χ0) is 29.6. The first-order chi connectivity index (χ1) is 17.1. The molecular formula is C27H45N5O6. The average molecular weight is 536 g/mol. The normalized spacial score (nSPS) is 11.8. The van der Waals surface area contributed by atoms with Crippen molar-refractivity contribution in [3.8, 4) is 0 Å². The predicted molar refractivity (Wildman–Crippen MR) is 149 cm³/mol. The van der Waals surface area contributed by atoms with E-state index in [1.807, 2.05) is 32.0 Å². The summed E-state index contributed by atoms with van der Waals surface area (Å²) in [7, 11) is 3.68. The van der Waals surface area contributed by atoms with E-state index in [-0.39, 0.29) is 12.5 Å². The highest BCUT2D eigenvalue weighted by Crippen LogP contribution is 2.28. The van der Waals surface area contributed by atoms with Gasteiger partial charge in [-0.25, -0.2) is 19.3 Å². The second-order valence-corrected chi connectivity index (χ2v) is 12.0. The quantitative estimate of drug-likeness (QED) is 0.279. The van der Waals surface area contributed by atoms with Crippen molar-refractivity contribution in [2.45, 2.75) is 92.6 Å². The maximum absolute atomic E-state index is 13.1. The summed E-state index contributed by atoms with van der Waals surface area (Å²) >= 11 is 0. The van der Waals surface area contributed by atoms with Crippen molar-refractivity contribution in [3.63, 3.8) is 0 Å². The van der Waals surface area contributed by atoms with Crippen molar-refractivity contribution >= 4 is 35.6 Å². The Bertz CT molecular complexity index is 990. The van der Waals surface area contributed by atoms with E-state index < -0.39 is 35.1 Å². The summed E-state index contributed by atoms with van der Waals surface area (Å²) in [6.45, 7) is 17.5. The van der Waals surface area contributed by atoms with Gasteiger partial charge in [0.15, 0.2) is 0 Å². The van der Waals surface area contributed by atoms with Crippen LogP contribution in [0.1, 0.15) is 74.8 Å². The molecule has 0 aromatic heterocycles. The van der Waals surface area contributed by atoms with Crippen LogP contribution in [0.25, 0.3) is 0 Å². The number of nitrogens with one attached hydrogen (secondary N) is 2. The SMILES string of the molecule is CCN(C(=N)NC(=O)OC(C)(C)C)c1ccc(N(C)C)c(CN(C(=O)OC(C)(C)C)C(=O)OC(C)(C)C)c1. The number of carbonyl (C=O) groups is 3.